The van der Waals surface area contributed by atoms with Crippen molar-refractivity contribution in [3.8, 4) is 0 Å². The van der Waals surface area contributed by atoms with Crippen LogP contribution < -0.4 is 4.90 Å². The van der Waals surface area contributed by atoms with Gasteiger partial charge in [-0.25, -0.2) is 0 Å². The summed E-state index contributed by atoms with van der Waals surface area (Å²) < 4.78 is 0. The zero-order valence-corrected chi connectivity index (χ0v) is 19.4. The molecule has 0 fully saturated rings. The van der Waals surface area contributed by atoms with E-state index in [0.717, 1.165) is 46.6 Å². The highest BCUT2D eigenvalue weighted by Gasteiger charge is 2.43. The van der Waals surface area contributed by atoms with E-state index in [9.17, 15) is 0 Å². The third-order valence-electron chi connectivity index (χ3n) is 6.81. The standard InChI is InChI=1S/C30H28ClN/c1-3-22(4-2)23-18-20-24(21-19-23)30(31)26-14-8-10-16-28(26)32(25-12-6-5-7-13-25)29-17-11-9-15-27(29)30/h5-22H,3-4H2,1-2H3. The predicted octanol–water partition coefficient (Wildman–Crippen LogP) is 8.90. The minimum Gasteiger partial charge on any atom is -0.310 e. The van der Waals surface area contributed by atoms with Gasteiger partial charge in [-0.2, -0.15) is 0 Å². The molecule has 4 aromatic rings. The molecule has 32 heavy (non-hydrogen) atoms. The summed E-state index contributed by atoms with van der Waals surface area (Å²) in [6.45, 7) is 4.52. The van der Waals surface area contributed by atoms with E-state index in [4.69, 9.17) is 11.6 Å². The van der Waals surface area contributed by atoms with Crippen LogP contribution in [-0.2, 0) is 4.87 Å². The van der Waals surface area contributed by atoms with E-state index in [0.29, 0.717) is 5.92 Å². The topological polar surface area (TPSA) is 3.24 Å². The molecule has 0 saturated carbocycles. The Morgan fingerprint density at radius 3 is 1.69 bits per heavy atom. The van der Waals surface area contributed by atoms with Crippen LogP contribution in [0.25, 0.3) is 0 Å². The second kappa shape index (κ2) is 8.48. The van der Waals surface area contributed by atoms with Crippen molar-refractivity contribution in [3.63, 3.8) is 0 Å². The quantitative estimate of drug-likeness (QED) is 0.281. The van der Waals surface area contributed by atoms with Gasteiger partial charge < -0.3 is 4.90 Å². The molecule has 0 unspecified atom stereocenters. The number of fused-ring (bicyclic) bond motifs is 2. The lowest BCUT2D eigenvalue weighted by molar-refractivity contribution is 0.641. The highest BCUT2D eigenvalue weighted by atomic mass is 35.5. The molecule has 0 aliphatic carbocycles. The van der Waals surface area contributed by atoms with E-state index in [1.807, 2.05) is 0 Å². The largest absolute Gasteiger partial charge is 0.310 e. The molecule has 160 valence electrons. The van der Waals surface area contributed by atoms with Gasteiger partial charge >= 0.3 is 0 Å². The van der Waals surface area contributed by atoms with Crippen LogP contribution in [0.2, 0.25) is 0 Å². The fraction of sp³-hybridized carbons (Fsp3) is 0.200. The Morgan fingerprint density at radius 1 is 0.656 bits per heavy atom. The van der Waals surface area contributed by atoms with Crippen LogP contribution in [-0.4, -0.2) is 0 Å². The number of para-hydroxylation sites is 3. The van der Waals surface area contributed by atoms with Gasteiger partial charge in [0.15, 0.2) is 0 Å². The lowest BCUT2D eigenvalue weighted by Gasteiger charge is -2.42. The third kappa shape index (κ3) is 3.24. The minimum absolute atomic E-state index is 0.592. The van der Waals surface area contributed by atoms with Gasteiger partial charge in [-0.3, -0.25) is 0 Å². The summed E-state index contributed by atoms with van der Waals surface area (Å²) in [4.78, 5) is 1.58. The van der Waals surface area contributed by atoms with Crippen LogP contribution in [0.1, 0.15) is 54.9 Å². The Kier molecular flexibility index (Phi) is 5.53. The van der Waals surface area contributed by atoms with Crippen LogP contribution in [0.4, 0.5) is 17.1 Å². The Labute approximate surface area is 196 Å². The van der Waals surface area contributed by atoms with Crippen molar-refractivity contribution in [1.29, 1.82) is 0 Å². The number of halogens is 1. The fourth-order valence-electron chi connectivity index (χ4n) is 5.11. The predicted molar refractivity (Wildman–Crippen MR) is 137 cm³/mol. The number of alkyl halides is 1. The second-order valence-corrected chi connectivity index (χ2v) is 9.07. The lowest BCUT2D eigenvalue weighted by atomic mass is 9.78. The van der Waals surface area contributed by atoms with E-state index >= 15 is 0 Å². The molecule has 2 heteroatoms. The molecule has 1 heterocycles. The first-order valence-corrected chi connectivity index (χ1v) is 11.9. The van der Waals surface area contributed by atoms with Crippen molar-refractivity contribution in [1.82, 2.24) is 0 Å². The summed E-state index contributed by atoms with van der Waals surface area (Å²) in [6, 6.07) is 36.6. The van der Waals surface area contributed by atoms with Gasteiger partial charge in [-0.1, -0.05) is 92.7 Å². The van der Waals surface area contributed by atoms with E-state index in [-0.39, 0.29) is 0 Å². The van der Waals surface area contributed by atoms with Gasteiger partial charge in [0, 0.05) is 16.8 Å². The zero-order valence-electron chi connectivity index (χ0n) is 18.6. The van der Waals surface area contributed by atoms with E-state index in [1.165, 1.54) is 5.56 Å². The first-order valence-electron chi connectivity index (χ1n) is 11.5. The molecule has 1 nitrogen and oxygen atoms in total. The van der Waals surface area contributed by atoms with Crippen molar-refractivity contribution in [3.05, 3.63) is 125 Å². The summed E-state index contributed by atoms with van der Waals surface area (Å²) >= 11 is 7.69. The molecule has 0 aromatic heterocycles. The maximum absolute atomic E-state index is 7.69. The molecule has 0 saturated heterocycles. The minimum atomic E-state index is -0.745. The van der Waals surface area contributed by atoms with Crippen molar-refractivity contribution in [2.24, 2.45) is 0 Å². The normalized spacial score (nSPS) is 14.2. The van der Waals surface area contributed by atoms with Gasteiger partial charge in [0.05, 0.1) is 11.4 Å². The van der Waals surface area contributed by atoms with Gasteiger partial charge in [0.25, 0.3) is 0 Å². The fourth-order valence-corrected chi connectivity index (χ4v) is 5.55. The Balaban J connectivity index is 1.72. The molecule has 4 aromatic carbocycles. The summed E-state index contributed by atoms with van der Waals surface area (Å²) in [5.74, 6) is 0.592. The number of hydrogen-bond acceptors (Lipinski definition) is 1. The van der Waals surface area contributed by atoms with Gasteiger partial charge in [-0.05, 0) is 54.2 Å². The summed E-state index contributed by atoms with van der Waals surface area (Å²) in [7, 11) is 0. The maximum atomic E-state index is 7.69. The first kappa shape index (κ1) is 20.8. The van der Waals surface area contributed by atoms with E-state index < -0.39 is 4.87 Å². The Bertz CT molecular complexity index is 1160. The van der Waals surface area contributed by atoms with Gasteiger partial charge in [0.2, 0.25) is 0 Å². The van der Waals surface area contributed by atoms with Gasteiger partial charge in [0.1, 0.15) is 4.87 Å². The second-order valence-electron chi connectivity index (χ2n) is 8.50. The van der Waals surface area contributed by atoms with E-state index in [1.54, 1.807) is 0 Å². The molecule has 0 atom stereocenters. The zero-order chi connectivity index (χ0) is 22.1. The van der Waals surface area contributed by atoms with Gasteiger partial charge in [-0.15, -0.1) is 11.6 Å². The summed E-state index contributed by atoms with van der Waals surface area (Å²) in [5, 5.41) is 0. The number of rotatable bonds is 5. The Morgan fingerprint density at radius 2 is 1.16 bits per heavy atom. The molecule has 0 spiro atoms. The van der Waals surface area contributed by atoms with Crippen LogP contribution >= 0.6 is 11.6 Å². The molecule has 0 N–H and O–H groups in total. The van der Waals surface area contributed by atoms with Crippen molar-refractivity contribution < 1.29 is 0 Å². The van der Waals surface area contributed by atoms with Crippen molar-refractivity contribution >= 4 is 28.7 Å². The first-order chi connectivity index (χ1) is 15.7. The summed E-state index contributed by atoms with van der Waals surface area (Å²) in [6.07, 6.45) is 2.30. The number of nitrogens with zero attached hydrogens (tertiary/aromatic N) is 1. The smallest absolute Gasteiger partial charge is 0.123 e. The van der Waals surface area contributed by atoms with Crippen LogP contribution in [0.3, 0.4) is 0 Å². The van der Waals surface area contributed by atoms with Crippen LogP contribution in [0, 0.1) is 0 Å². The molecule has 5 rings (SSSR count). The van der Waals surface area contributed by atoms with E-state index in [2.05, 4.69) is 122 Å². The third-order valence-corrected chi connectivity index (χ3v) is 7.44. The molecular formula is C30H28ClN. The highest BCUT2D eigenvalue weighted by molar-refractivity contribution is 6.30. The Hall–Kier alpha value is -3.03. The SMILES string of the molecule is CCC(CC)c1ccc(C2(Cl)c3ccccc3N(c3ccccc3)c3ccccc32)cc1. The average Bonchev–Trinajstić information content (AvgIpc) is 2.86. The number of benzene rings is 4. The van der Waals surface area contributed by atoms with Crippen LogP contribution in [0.15, 0.2) is 103 Å². The average molecular weight is 438 g/mol. The highest BCUT2D eigenvalue weighted by Crippen LogP contribution is 2.56. The molecule has 0 bridgehead atoms. The monoisotopic (exact) mass is 437 g/mol. The molecule has 0 radical (unpaired) electrons. The summed E-state index contributed by atoms with van der Waals surface area (Å²) in [5.41, 5.74) is 8.10. The molecule has 0 amide bonds. The molecule has 1 aliphatic heterocycles. The molecular weight excluding hydrogens is 410 g/mol. The maximum Gasteiger partial charge on any atom is 0.123 e. The van der Waals surface area contributed by atoms with Crippen molar-refractivity contribution in [2.45, 2.75) is 37.5 Å². The number of hydrogen-bond donors (Lipinski definition) is 0. The van der Waals surface area contributed by atoms with Crippen molar-refractivity contribution in [2.75, 3.05) is 4.90 Å². The molecule has 1 aliphatic rings. The number of anilines is 3. The van der Waals surface area contributed by atoms with Crippen LogP contribution in [0.5, 0.6) is 0 Å². The lowest BCUT2D eigenvalue weighted by Crippen LogP contribution is -2.32.